The molecule has 0 bridgehead atoms. The molecule has 0 aliphatic heterocycles. The fourth-order valence-corrected chi connectivity index (χ4v) is 3.02. The average Bonchev–Trinajstić information content (AvgIpc) is 2.55. The van der Waals surface area contributed by atoms with E-state index in [1.165, 1.54) is 0 Å². The molecule has 122 valence electrons. The van der Waals surface area contributed by atoms with Gasteiger partial charge in [-0.25, -0.2) is 0 Å². The molecular formula is C20H25NO2. The number of benzene rings is 2. The van der Waals surface area contributed by atoms with Crippen LogP contribution in [-0.4, -0.2) is 28.0 Å². The van der Waals surface area contributed by atoms with Crippen LogP contribution >= 0.6 is 0 Å². The highest BCUT2D eigenvalue weighted by Crippen LogP contribution is 2.33. The number of carbonyl (C=O) groups is 1. The van der Waals surface area contributed by atoms with Crippen LogP contribution < -0.4 is 0 Å². The monoisotopic (exact) mass is 311 g/mol. The van der Waals surface area contributed by atoms with Crippen LogP contribution in [0.4, 0.5) is 0 Å². The van der Waals surface area contributed by atoms with Gasteiger partial charge in [0.25, 0.3) is 5.91 Å². The Morgan fingerprint density at radius 3 is 1.48 bits per heavy atom. The molecule has 0 heterocycles. The normalized spacial score (nSPS) is 11.8. The van der Waals surface area contributed by atoms with Crippen LogP contribution in [0.2, 0.25) is 0 Å². The number of hydrogen-bond donors (Lipinski definition) is 1. The quantitative estimate of drug-likeness (QED) is 0.917. The molecule has 23 heavy (non-hydrogen) atoms. The van der Waals surface area contributed by atoms with Gasteiger partial charge in [-0.3, -0.25) is 4.79 Å². The molecule has 2 rings (SSSR count). The Hall–Kier alpha value is -2.13. The van der Waals surface area contributed by atoms with Crippen molar-refractivity contribution in [1.82, 2.24) is 4.90 Å². The van der Waals surface area contributed by atoms with Crippen molar-refractivity contribution < 1.29 is 9.90 Å². The molecule has 0 aliphatic carbocycles. The SMILES string of the molecule is CC(C)N(C(=O)C(O)(c1ccccc1)c1ccccc1)C(C)C. The molecule has 0 saturated carbocycles. The fraction of sp³-hybridized carbons (Fsp3) is 0.350. The largest absolute Gasteiger partial charge is 0.372 e. The number of aliphatic hydroxyl groups is 1. The van der Waals surface area contributed by atoms with Gasteiger partial charge in [-0.15, -0.1) is 0 Å². The minimum Gasteiger partial charge on any atom is -0.372 e. The molecule has 0 saturated heterocycles. The van der Waals surface area contributed by atoms with Crippen LogP contribution in [0, 0.1) is 0 Å². The van der Waals surface area contributed by atoms with Gasteiger partial charge in [0.05, 0.1) is 0 Å². The van der Waals surface area contributed by atoms with Gasteiger partial charge in [0.1, 0.15) is 0 Å². The Kier molecular flexibility index (Phi) is 5.22. The van der Waals surface area contributed by atoms with Gasteiger partial charge in [-0.2, -0.15) is 0 Å². The van der Waals surface area contributed by atoms with E-state index in [9.17, 15) is 9.90 Å². The number of rotatable bonds is 5. The van der Waals surface area contributed by atoms with E-state index >= 15 is 0 Å². The molecule has 2 aromatic rings. The van der Waals surface area contributed by atoms with E-state index in [4.69, 9.17) is 0 Å². The zero-order valence-corrected chi connectivity index (χ0v) is 14.2. The van der Waals surface area contributed by atoms with Gasteiger partial charge in [-0.1, -0.05) is 60.7 Å². The summed E-state index contributed by atoms with van der Waals surface area (Å²) in [5.41, 5.74) is -0.512. The van der Waals surface area contributed by atoms with E-state index in [1.54, 1.807) is 29.2 Å². The van der Waals surface area contributed by atoms with Crippen molar-refractivity contribution in [2.24, 2.45) is 0 Å². The van der Waals surface area contributed by atoms with Gasteiger partial charge >= 0.3 is 0 Å². The van der Waals surface area contributed by atoms with Gasteiger partial charge in [-0.05, 0) is 38.8 Å². The van der Waals surface area contributed by atoms with Crippen molar-refractivity contribution in [1.29, 1.82) is 0 Å². The highest BCUT2D eigenvalue weighted by Gasteiger charge is 2.43. The number of carbonyl (C=O) groups excluding carboxylic acids is 1. The molecule has 0 aromatic heterocycles. The first-order chi connectivity index (χ1) is 10.9. The molecular weight excluding hydrogens is 286 g/mol. The van der Waals surface area contributed by atoms with Crippen LogP contribution in [-0.2, 0) is 10.4 Å². The van der Waals surface area contributed by atoms with E-state index in [0.717, 1.165) is 0 Å². The number of nitrogens with zero attached hydrogens (tertiary/aromatic N) is 1. The minimum atomic E-state index is -1.68. The Morgan fingerprint density at radius 1 is 0.826 bits per heavy atom. The molecule has 1 amide bonds. The van der Waals surface area contributed by atoms with Crippen molar-refractivity contribution >= 4 is 5.91 Å². The summed E-state index contributed by atoms with van der Waals surface area (Å²) in [7, 11) is 0. The first-order valence-electron chi connectivity index (χ1n) is 8.05. The predicted octanol–water partition coefficient (Wildman–Crippen LogP) is 3.57. The van der Waals surface area contributed by atoms with Crippen molar-refractivity contribution in [3.63, 3.8) is 0 Å². The second-order valence-corrected chi connectivity index (χ2v) is 6.34. The number of hydrogen-bond acceptors (Lipinski definition) is 2. The van der Waals surface area contributed by atoms with Gasteiger partial charge in [0.2, 0.25) is 0 Å². The summed E-state index contributed by atoms with van der Waals surface area (Å²) < 4.78 is 0. The maximum Gasteiger partial charge on any atom is 0.264 e. The zero-order valence-electron chi connectivity index (χ0n) is 14.2. The zero-order chi connectivity index (χ0) is 17.0. The Labute approximate surface area is 138 Å². The summed E-state index contributed by atoms with van der Waals surface area (Å²) in [5, 5.41) is 11.5. The lowest BCUT2D eigenvalue weighted by molar-refractivity contribution is -0.152. The summed E-state index contributed by atoms with van der Waals surface area (Å²) in [5.74, 6) is -0.292. The van der Waals surface area contributed by atoms with E-state index < -0.39 is 5.60 Å². The van der Waals surface area contributed by atoms with Gasteiger partial charge < -0.3 is 10.0 Å². The van der Waals surface area contributed by atoms with Gasteiger partial charge in [0, 0.05) is 12.1 Å². The lowest BCUT2D eigenvalue weighted by Crippen LogP contribution is -2.53. The van der Waals surface area contributed by atoms with Crippen LogP contribution in [0.1, 0.15) is 38.8 Å². The summed E-state index contributed by atoms with van der Waals surface area (Å²) in [4.78, 5) is 15.1. The third-order valence-electron chi connectivity index (χ3n) is 4.04. The Morgan fingerprint density at radius 2 is 1.17 bits per heavy atom. The van der Waals surface area contributed by atoms with E-state index in [2.05, 4.69) is 0 Å². The highest BCUT2D eigenvalue weighted by atomic mass is 16.3. The second kappa shape index (κ2) is 6.97. The smallest absolute Gasteiger partial charge is 0.264 e. The summed E-state index contributed by atoms with van der Waals surface area (Å²) >= 11 is 0. The molecule has 2 aromatic carbocycles. The molecule has 0 atom stereocenters. The van der Waals surface area contributed by atoms with Gasteiger partial charge in [0.15, 0.2) is 5.60 Å². The lowest BCUT2D eigenvalue weighted by atomic mass is 9.84. The molecule has 0 spiro atoms. The van der Waals surface area contributed by atoms with Crippen LogP contribution in [0.15, 0.2) is 60.7 Å². The molecule has 1 N–H and O–H groups in total. The Bertz CT molecular complexity index is 588. The average molecular weight is 311 g/mol. The van der Waals surface area contributed by atoms with Crippen LogP contribution in [0.5, 0.6) is 0 Å². The Balaban J connectivity index is 2.61. The van der Waals surface area contributed by atoms with E-state index in [1.807, 2.05) is 64.1 Å². The number of amides is 1. The maximum atomic E-state index is 13.3. The van der Waals surface area contributed by atoms with E-state index in [0.29, 0.717) is 11.1 Å². The predicted molar refractivity (Wildman–Crippen MR) is 93.0 cm³/mol. The molecule has 0 fully saturated rings. The van der Waals surface area contributed by atoms with E-state index in [-0.39, 0.29) is 18.0 Å². The maximum absolute atomic E-state index is 13.3. The lowest BCUT2D eigenvalue weighted by Gasteiger charge is -2.38. The molecule has 0 aliphatic rings. The van der Waals surface area contributed by atoms with Crippen molar-refractivity contribution in [3.8, 4) is 0 Å². The van der Waals surface area contributed by atoms with Crippen molar-refractivity contribution in [2.75, 3.05) is 0 Å². The summed E-state index contributed by atoms with van der Waals surface area (Å²) in [6.45, 7) is 7.87. The molecule has 3 nitrogen and oxygen atoms in total. The fourth-order valence-electron chi connectivity index (χ4n) is 3.02. The molecule has 0 radical (unpaired) electrons. The third kappa shape index (κ3) is 3.30. The standard InChI is InChI=1S/C20H25NO2/c1-15(2)21(16(3)4)19(22)20(23,17-11-7-5-8-12-17)18-13-9-6-10-14-18/h5-16,23H,1-4H3. The molecule has 0 unspecified atom stereocenters. The van der Waals surface area contributed by atoms with Crippen LogP contribution in [0.3, 0.4) is 0 Å². The minimum absolute atomic E-state index is 0.00134. The highest BCUT2D eigenvalue weighted by molar-refractivity contribution is 5.90. The van der Waals surface area contributed by atoms with Crippen LogP contribution in [0.25, 0.3) is 0 Å². The molecule has 3 heteroatoms. The first kappa shape index (κ1) is 17.2. The summed E-state index contributed by atoms with van der Waals surface area (Å²) in [6, 6.07) is 18.3. The van der Waals surface area contributed by atoms with Crippen molar-refractivity contribution in [3.05, 3.63) is 71.8 Å². The summed E-state index contributed by atoms with van der Waals surface area (Å²) in [6.07, 6.45) is 0. The second-order valence-electron chi connectivity index (χ2n) is 6.34. The first-order valence-corrected chi connectivity index (χ1v) is 8.05. The third-order valence-corrected chi connectivity index (χ3v) is 4.04. The topological polar surface area (TPSA) is 40.5 Å². The van der Waals surface area contributed by atoms with Crippen molar-refractivity contribution in [2.45, 2.75) is 45.4 Å².